The van der Waals surface area contributed by atoms with Gasteiger partial charge >= 0.3 is 0 Å². The Bertz CT molecular complexity index is 565. The number of thiophene rings is 1. The Morgan fingerprint density at radius 2 is 2.17 bits per heavy atom. The van der Waals surface area contributed by atoms with Crippen LogP contribution in [0, 0.1) is 0 Å². The lowest BCUT2D eigenvalue weighted by Crippen LogP contribution is -2.29. The summed E-state index contributed by atoms with van der Waals surface area (Å²) in [4.78, 5) is 3.90. The van der Waals surface area contributed by atoms with E-state index in [0.717, 1.165) is 30.1 Å². The van der Waals surface area contributed by atoms with E-state index in [0.29, 0.717) is 5.88 Å². The van der Waals surface area contributed by atoms with E-state index in [2.05, 4.69) is 22.4 Å². The molecule has 2 heterocycles. The molecule has 0 aliphatic carbocycles. The van der Waals surface area contributed by atoms with Gasteiger partial charge in [-0.05, 0) is 41.1 Å². The molecule has 1 nitrogen and oxygen atoms in total. The van der Waals surface area contributed by atoms with Crippen LogP contribution in [0.5, 0.6) is 0 Å². The molecule has 0 amide bonds. The summed E-state index contributed by atoms with van der Waals surface area (Å²) in [5.41, 5.74) is 3.63. The molecule has 18 heavy (non-hydrogen) atoms. The Morgan fingerprint density at radius 3 is 2.94 bits per heavy atom. The molecule has 4 heteroatoms. The van der Waals surface area contributed by atoms with Gasteiger partial charge in [-0.2, -0.15) is 0 Å². The first-order valence-electron chi connectivity index (χ1n) is 5.92. The molecule has 0 bridgehead atoms. The van der Waals surface area contributed by atoms with Crippen LogP contribution in [0.25, 0.3) is 0 Å². The number of fused-ring (bicyclic) bond motifs is 1. The van der Waals surface area contributed by atoms with Gasteiger partial charge in [0.1, 0.15) is 0 Å². The van der Waals surface area contributed by atoms with Gasteiger partial charge in [-0.1, -0.05) is 17.7 Å². The van der Waals surface area contributed by atoms with Crippen molar-refractivity contribution in [3.8, 4) is 0 Å². The summed E-state index contributed by atoms with van der Waals surface area (Å²) in [6.45, 7) is 2.04. The molecule has 1 aliphatic heterocycles. The number of rotatable bonds is 2. The highest BCUT2D eigenvalue weighted by molar-refractivity contribution is 7.10. The fourth-order valence-corrected chi connectivity index (χ4v) is 3.74. The largest absolute Gasteiger partial charge is 0.367 e. The number of alkyl halides is 1. The molecule has 0 atom stereocenters. The Balaban J connectivity index is 1.86. The van der Waals surface area contributed by atoms with Crippen molar-refractivity contribution in [1.29, 1.82) is 0 Å². The van der Waals surface area contributed by atoms with Crippen LogP contribution in [0.3, 0.4) is 0 Å². The van der Waals surface area contributed by atoms with E-state index in [1.54, 1.807) is 0 Å². The van der Waals surface area contributed by atoms with Crippen LogP contribution in [0.4, 0.5) is 5.69 Å². The predicted molar refractivity (Wildman–Crippen MR) is 80.1 cm³/mol. The van der Waals surface area contributed by atoms with Gasteiger partial charge in [0.15, 0.2) is 0 Å². The second kappa shape index (κ2) is 5.12. The number of anilines is 1. The summed E-state index contributed by atoms with van der Waals surface area (Å²) in [6, 6.07) is 8.38. The lowest BCUT2D eigenvalue weighted by Gasteiger charge is -2.29. The molecule has 0 unspecified atom stereocenters. The van der Waals surface area contributed by atoms with Crippen molar-refractivity contribution in [2.45, 2.75) is 18.8 Å². The van der Waals surface area contributed by atoms with Gasteiger partial charge < -0.3 is 4.90 Å². The molecule has 3 rings (SSSR count). The second-order valence-electron chi connectivity index (χ2n) is 4.45. The van der Waals surface area contributed by atoms with Crippen LogP contribution in [0.2, 0.25) is 5.02 Å². The quantitative estimate of drug-likeness (QED) is 0.726. The van der Waals surface area contributed by atoms with Crippen LogP contribution in [0.1, 0.15) is 16.0 Å². The van der Waals surface area contributed by atoms with Crippen molar-refractivity contribution in [3.63, 3.8) is 0 Å². The average molecular weight is 298 g/mol. The molecule has 1 aliphatic rings. The van der Waals surface area contributed by atoms with Crippen LogP contribution in [-0.4, -0.2) is 6.54 Å². The molecular formula is C14H13Cl2NS. The van der Waals surface area contributed by atoms with Crippen molar-refractivity contribution < 1.29 is 0 Å². The molecule has 1 aromatic carbocycles. The van der Waals surface area contributed by atoms with Gasteiger partial charge in [0.05, 0.1) is 0 Å². The summed E-state index contributed by atoms with van der Waals surface area (Å²) in [5, 5.41) is 2.94. The maximum atomic E-state index is 6.22. The van der Waals surface area contributed by atoms with Crippen LogP contribution >= 0.6 is 34.5 Å². The van der Waals surface area contributed by atoms with Gasteiger partial charge in [-0.25, -0.2) is 0 Å². The summed E-state index contributed by atoms with van der Waals surface area (Å²) < 4.78 is 0. The first-order chi connectivity index (χ1) is 8.78. The average Bonchev–Trinajstić information content (AvgIpc) is 2.85. The number of hydrogen-bond donors (Lipinski definition) is 0. The Hall–Kier alpha value is -0.700. The van der Waals surface area contributed by atoms with Crippen molar-refractivity contribution in [2.24, 2.45) is 0 Å². The van der Waals surface area contributed by atoms with Gasteiger partial charge in [0, 0.05) is 34.6 Å². The van der Waals surface area contributed by atoms with Gasteiger partial charge in [-0.3, -0.25) is 0 Å². The zero-order valence-corrected chi connectivity index (χ0v) is 12.2. The van der Waals surface area contributed by atoms with Gasteiger partial charge in [0.25, 0.3) is 0 Å². The fraction of sp³-hybridized carbons (Fsp3) is 0.286. The molecule has 0 saturated heterocycles. The lowest BCUT2D eigenvalue weighted by molar-refractivity contribution is 0.744. The molecule has 1 aromatic heterocycles. The first kappa shape index (κ1) is 12.3. The first-order valence-corrected chi connectivity index (χ1v) is 7.71. The summed E-state index contributed by atoms with van der Waals surface area (Å²) >= 11 is 13.9. The minimum Gasteiger partial charge on any atom is -0.367 e. The number of benzene rings is 1. The molecule has 94 valence electrons. The number of halogens is 2. The van der Waals surface area contributed by atoms with Crippen LogP contribution < -0.4 is 4.90 Å². The van der Waals surface area contributed by atoms with E-state index in [4.69, 9.17) is 23.2 Å². The number of hydrogen-bond acceptors (Lipinski definition) is 2. The second-order valence-corrected chi connectivity index (χ2v) is 6.13. The van der Waals surface area contributed by atoms with Crippen molar-refractivity contribution in [1.82, 2.24) is 0 Å². The monoisotopic (exact) mass is 297 g/mol. The molecule has 0 radical (unpaired) electrons. The number of nitrogens with zero attached hydrogens (tertiary/aromatic N) is 1. The summed E-state index contributed by atoms with van der Waals surface area (Å²) in [6.07, 6.45) is 1.13. The Labute approximate surface area is 121 Å². The molecular weight excluding hydrogens is 285 g/mol. The van der Waals surface area contributed by atoms with Gasteiger partial charge in [0.2, 0.25) is 0 Å². The van der Waals surface area contributed by atoms with Crippen molar-refractivity contribution >= 4 is 40.2 Å². The third kappa shape index (κ3) is 2.25. The smallest absolute Gasteiger partial charge is 0.0488 e. The maximum absolute atomic E-state index is 6.22. The zero-order valence-electron chi connectivity index (χ0n) is 9.83. The zero-order chi connectivity index (χ0) is 12.5. The minimum absolute atomic E-state index is 0.466. The van der Waals surface area contributed by atoms with Crippen LogP contribution in [0.15, 0.2) is 29.6 Å². The lowest BCUT2D eigenvalue weighted by atomic mass is 10.1. The SMILES string of the molecule is ClCc1ccc(N2CCc3sccc3C2)cc1Cl. The highest BCUT2D eigenvalue weighted by atomic mass is 35.5. The summed E-state index contributed by atoms with van der Waals surface area (Å²) in [7, 11) is 0. The van der Waals surface area contributed by atoms with Crippen molar-refractivity contribution in [3.05, 3.63) is 50.7 Å². The third-order valence-corrected chi connectivity index (χ3v) is 5.02. The van der Waals surface area contributed by atoms with Crippen molar-refractivity contribution in [2.75, 3.05) is 11.4 Å². The molecule has 0 saturated carbocycles. The normalized spacial score (nSPS) is 14.7. The highest BCUT2D eigenvalue weighted by Gasteiger charge is 2.17. The Kier molecular flexibility index (Phi) is 3.51. The fourth-order valence-electron chi connectivity index (χ4n) is 2.31. The van der Waals surface area contributed by atoms with E-state index < -0.39 is 0 Å². The molecule has 2 aromatic rings. The van der Waals surface area contributed by atoms with E-state index in [1.807, 2.05) is 23.5 Å². The van der Waals surface area contributed by atoms with E-state index in [9.17, 15) is 0 Å². The predicted octanol–water partition coefficient (Wildman–Crippen LogP) is 4.70. The third-order valence-electron chi connectivity index (χ3n) is 3.35. The highest BCUT2D eigenvalue weighted by Crippen LogP contribution is 2.30. The minimum atomic E-state index is 0.466. The Morgan fingerprint density at radius 1 is 1.28 bits per heavy atom. The van der Waals surface area contributed by atoms with Crippen LogP contribution in [-0.2, 0) is 18.8 Å². The standard InChI is InChI=1S/C14H13Cl2NS/c15-8-10-1-2-12(7-13(10)16)17-5-3-14-11(9-17)4-6-18-14/h1-2,4,6-7H,3,5,8-9H2. The van der Waals surface area contributed by atoms with E-state index in [-0.39, 0.29) is 0 Å². The van der Waals surface area contributed by atoms with E-state index >= 15 is 0 Å². The van der Waals surface area contributed by atoms with Gasteiger partial charge in [-0.15, -0.1) is 22.9 Å². The topological polar surface area (TPSA) is 3.24 Å². The molecule has 0 fully saturated rings. The maximum Gasteiger partial charge on any atom is 0.0488 e. The summed E-state index contributed by atoms with van der Waals surface area (Å²) in [5.74, 6) is 0.466. The van der Waals surface area contributed by atoms with E-state index in [1.165, 1.54) is 16.1 Å². The molecule has 0 spiro atoms. The molecule has 0 N–H and O–H groups in total.